The summed E-state index contributed by atoms with van der Waals surface area (Å²) >= 11 is 0. The zero-order valence-electron chi connectivity index (χ0n) is 9.07. The lowest BCUT2D eigenvalue weighted by atomic mass is 9.71. The Bertz CT molecular complexity index is 395. The quantitative estimate of drug-likeness (QED) is 0.632. The van der Waals surface area contributed by atoms with Gasteiger partial charge in [0.15, 0.2) is 0 Å². The van der Waals surface area contributed by atoms with Crippen molar-refractivity contribution in [2.24, 2.45) is 5.41 Å². The van der Waals surface area contributed by atoms with E-state index in [2.05, 4.69) is 49.4 Å². The highest BCUT2D eigenvalue weighted by Crippen LogP contribution is 2.56. The molecule has 3 rings (SSSR count). The summed E-state index contributed by atoms with van der Waals surface area (Å²) in [5.41, 5.74) is 1.43. The fourth-order valence-electron chi connectivity index (χ4n) is 3.00. The molecule has 1 fully saturated rings. The third-order valence-electron chi connectivity index (χ3n) is 4.00. The highest BCUT2D eigenvalue weighted by Gasteiger charge is 2.54. The molecule has 1 heteroatoms. The van der Waals surface area contributed by atoms with Crippen LogP contribution in [0.5, 0.6) is 0 Å². The lowest BCUT2D eigenvalue weighted by Crippen LogP contribution is -2.35. The van der Waals surface area contributed by atoms with Crippen LogP contribution in [0.1, 0.15) is 25.3 Å². The van der Waals surface area contributed by atoms with Gasteiger partial charge >= 0.3 is 0 Å². The molecular weight excluding hydrogens is 184 g/mol. The predicted molar refractivity (Wildman–Crippen MR) is 60.6 cm³/mol. The van der Waals surface area contributed by atoms with Crippen molar-refractivity contribution < 1.29 is 4.74 Å². The van der Waals surface area contributed by atoms with E-state index < -0.39 is 0 Å². The molecule has 0 bridgehead atoms. The molecule has 0 spiro atoms. The topological polar surface area (TPSA) is 9.23 Å². The van der Waals surface area contributed by atoms with Crippen LogP contribution in [0.4, 0.5) is 0 Å². The van der Waals surface area contributed by atoms with Crippen LogP contribution >= 0.6 is 0 Å². The molecule has 0 radical (unpaired) electrons. The molecule has 1 aromatic rings. The Morgan fingerprint density at radius 2 is 2.00 bits per heavy atom. The molecule has 2 atom stereocenters. The number of rotatable bonds is 1. The largest absolute Gasteiger partial charge is 0.366 e. The van der Waals surface area contributed by atoms with E-state index in [9.17, 15) is 0 Å². The summed E-state index contributed by atoms with van der Waals surface area (Å²) in [6, 6.07) is 10.6. The van der Waals surface area contributed by atoms with Crippen molar-refractivity contribution in [3.8, 4) is 0 Å². The Balaban J connectivity index is 2.13. The maximum absolute atomic E-state index is 6.07. The van der Waals surface area contributed by atoms with Gasteiger partial charge in [-0.25, -0.2) is 0 Å². The number of benzene rings is 1. The molecule has 1 nitrogen and oxygen atoms in total. The van der Waals surface area contributed by atoms with Crippen LogP contribution < -0.4 is 0 Å². The number of hydrogen-bond donors (Lipinski definition) is 0. The van der Waals surface area contributed by atoms with Crippen molar-refractivity contribution in [2.75, 3.05) is 6.61 Å². The summed E-state index contributed by atoms with van der Waals surface area (Å²) in [7, 11) is 0. The highest BCUT2D eigenvalue weighted by molar-refractivity contribution is 5.36. The maximum Gasteiger partial charge on any atom is 0.117 e. The molecular formula is C14H16O. The van der Waals surface area contributed by atoms with E-state index in [1.807, 2.05) is 0 Å². The first kappa shape index (κ1) is 9.17. The van der Waals surface area contributed by atoms with Gasteiger partial charge in [0.2, 0.25) is 0 Å². The van der Waals surface area contributed by atoms with E-state index >= 15 is 0 Å². The summed E-state index contributed by atoms with van der Waals surface area (Å²) in [5, 5.41) is 0. The molecule has 2 aliphatic rings. The Morgan fingerprint density at radius 1 is 1.20 bits per heavy atom. The molecule has 15 heavy (non-hydrogen) atoms. The van der Waals surface area contributed by atoms with E-state index in [0.717, 1.165) is 19.4 Å². The fourth-order valence-corrected chi connectivity index (χ4v) is 3.00. The van der Waals surface area contributed by atoms with Crippen LogP contribution in [0, 0.1) is 5.41 Å². The highest BCUT2D eigenvalue weighted by atomic mass is 16.5. The molecule has 0 saturated carbocycles. The fraction of sp³-hybridized carbons (Fsp3) is 0.429. The average Bonchev–Trinajstić information content (AvgIpc) is 2.73. The summed E-state index contributed by atoms with van der Waals surface area (Å²) in [4.78, 5) is 0. The lowest BCUT2D eigenvalue weighted by molar-refractivity contribution is -0.00984. The van der Waals surface area contributed by atoms with Gasteiger partial charge in [-0.1, -0.05) is 49.4 Å². The minimum Gasteiger partial charge on any atom is -0.366 e. The van der Waals surface area contributed by atoms with Crippen LogP contribution in [0.15, 0.2) is 42.5 Å². The van der Waals surface area contributed by atoms with Crippen molar-refractivity contribution in [2.45, 2.75) is 25.4 Å². The van der Waals surface area contributed by atoms with Crippen molar-refractivity contribution >= 4 is 0 Å². The molecule has 1 aromatic carbocycles. The van der Waals surface area contributed by atoms with Gasteiger partial charge in [0.1, 0.15) is 5.60 Å². The first-order chi connectivity index (χ1) is 7.27. The number of hydrogen-bond acceptors (Lipinski definition) is 1. The molecule has 1 saturated heterocycles. The summed E-state index contributed by atoms with van der Waals surface area (Å²) in [6.07, 6.45) is 6.83. The molecule has 0 amide bonds. The molecule has 78 valence electrons. The van der Waals surface area contributed by atoms with Gasteiger partial charge in [-0.15, -0.1) is 0 Å². The Kier molecular flexibility index (Phi) is 1.81. The van der Waals surface area contributed by atoms with Gasteiger partial charge in [0.05, 0.1) is 0 Å². The normalized spacial score (nSPS) is 38.2. The van der Waals surface area contributed by atoms with E-state index in [4.69, 9.17) is 4.74 Å². The molecule has 0 aromatic heterocycles. The lowest BCUT2D eigenvalue weighted by Gasteiger charge is -2.36. The minimum absolute atomic E-state index is 0.145. The second-order valence-electron chi connectivity index (χ2n) is 4.87. The zero-order chi connectivity index (χ0) is 10.4. The molecule has 1 aliphatic heterocycles. The molecule has 1 aliphatic carbocycles. The molecule has 1 heterocycles. The molecule has 0 N–H and O–H groups in total. The Hall–Kier alpha value is -1.08. The summed E-state index contributed by atoms with van der Waals surface area (Å²) in [5.74, 6) is 0. The predicted octanol–water partition coefficient (Wildman–Crippen LogP) is 3.27. The van der Waals surface area contributed by atoms with Gasteiger partial charge in [0.25, 0.3) is 0 Å². The van der Waals surface area contributed by atoms with Crippen molar-refractivity contribution in [1.29, 1.82) is 0 Å². The monoisotopic (exact) mass is 200 g/mol. The van der Waals surface area contributed by atoms with Crippen molar-refractivity contribution in [3.63, 3.8) is 0 Å². The van der Waals surface area contributed by atoms with Crippen LogP contribution in [0.25, 0.3) is 0 Å². The minimum atomic E-state index is -0.145. The van der Waals surface area contributed by atoms with E-state index in [1.165, 1.54) is 5.56 Å². The second-order valence-corrected chi connectivity index (χ2v) is 4.87. The van der Waals surface area contributed by atoms with Crippen LogP contribution in [0.3, 0.4) is 0 Å². The molecule has 0 unspecified atom stereocenters. The number of allylic oxidation sites excluding steroid dienone is 1. The average molecular weight is 200 g/mol. The van der Waals surface area contributed by atoms with E-state index in [1.54, 1.807) is 0 Å². The zero-order valence-corrected chi connectivity index (χ0v) is 9.07. The maximum atomic E-state index is 6.07. The third-order valence-corrected chi connectivity index (χ3v) is 4.00. The second kappa shape index (κ2) is 2.96. The number of fused-ring (bicyclic) bond motifs is 1. The summed E-state index contributed by atoms with van der Waals surface area (Å²) in [6.45, 7) is 3.22. The SMILES string of the molecule is C[C@@]12CC=C[C@]1(c1ccccc1)OCC2. The Morgan fingerprint density at radius 3 is 2.80 bits per heavy atom. The first-order valence-electron chi connectivity index (χ1n) is 5.64. The Labute approximate surface area is 90.8 Å². The van der Waals surface area contributed by atoms with E-state index in [0.29, 0.717) is 0 Å². The van der Waals surface area contributed by atoms with Gasteiger partial charge in [-0.05, 0) is 18.4 Å². The van der Waals surface area contributed by atoms with Gasteiger partial charge in [-0.3, -0.25) is 0 Å². The first-order valence-corrected chi connectivity index (χ1v) is 5.64. The number of ether oxygens (including phenoxy) is 1. The van der Waals surface area contributed by atoms with Gasteiger partial charge in [0, 0.05) is 12.0 Å². The van der Waals surface area contributed by atoms with Crippen LogP contribution in [-0.2, 0) is 10.3 Å². The smallest absolute Gasteiger partial charge is 0.117 e. The van der Waals surface area contributed by atoms with Crippen molar-refractivity contribution in [1.82, 2.24) is 0 Å². The van der Waals surface area contributed by atoms with Gasteiger partial charge in [-0.2, -0.15) is 0 Å². The standard InChI is InChI=1S/C14H16O/c1-13-8-5-9-14(13,15-11-10-13)12-6-3-2-4-7-12/h2-7,9H,8,10-11H2,1H3/t13-,14+/m0/s1. The van der Waals surface area contributed by atoms with Crippen LogP contribution in [0.2, 0.25) is 0 Å². The third kappa shape index (κ3) is 1.07. The van der Waals surface area contributed by atoms with E-state index in [-0.39, 0.29) is 11.0 Å². The van der Waals surface area contributed by atoms with Crippen molar-refractivity contribution in [3.05, 3.63) is 48.0 Å². The van der Waals surface area contributed by atoms with Gasteiger partial charge < -0.3 is 4.74 Å². The summed E-state index contributed by atoms with van der Waals surface area (Å²) < 4.78 is 6.07. The van der Waals surface area contributed by atoms with Crippen LogP contribution in [-0.4, -0.2) is 6.61 Å².